The third-order valence-electron chi connectivity index (χ3n) is 1.62. The number of hydrogen-bond donors (Lipinski definition) is 4. The van der Waals surface area contributed by atoms with Crippen LogP contribution in [0.2, 0.25) is 0 Å². The van der Waals surface area contributed by atoms with Crippen LogP contribution in [0.1, 0.15) is 6.42 Å². The highest BCUT2D eigenvalue weighted by atomic mass is 32.1. The van der Waals surface area contributed by atoms with Crippen LogP contribution in [0.3, 0.4) is 0 Å². The molecule has 78 valence electrons. The summed E-state index contributed by atoms with van der Waals surface area (Å²) in [5.74, 6) is -2.95. The molecule has 0 saturated heterocycles. The van der Waals surface area contributed by atoms with Crippen LogP contribution in [0.15, 0.2) is 0 Å². The standard InChI is InChI=1S/C6H8N2O4S2/c7-3(13)6(4(8)14,5(11)12)1-2(9)10/h1H2,(H2,7,13)(H2,8,14)(H,9,10)(H,11,12). The predicted octanol–water partition coefficient (Wildman–Crippen LogP) is -0.896. The molecule has 0 amide bonds. The molecule has 6 nitrogen and oxygen atoms in total. The molecule has 8 heteroatoms. The van der Waals surface area contributed by atoms with Crippen molar-refractivity contribution in [1.29, 1.82) is 0 Å². The van der Waals surface area contributed by atoms with Crippen LogP contribution in [0.5, 0.6) is 0 Å². The lowest BCUT2D eigenvalue weighted by Crippen LogP contribution is -2.52. The third kappa shape index (κ3) is 2.15. The predicted molar refractivity (Wildman–Crippen MR) is 55.9 cm³/mol. The summed E-state index contributed by atoms with van der Waals surface area (Å²) in [5, 5.41) is 17.3. The summed E-state index contributed by atoms with van der Waals surface area (Å²) >= 11 is 8.93. The van der Waals surface area contributed by atoms with E-state index in [0.717, 1.165) is 0 Å². The number of rotatable bonds is 5. The van der Waals surface area contributed by atoms with E-state index < -0.39 is 33.8 Å². The van der Waals surface area contributed by atoms with E-state index in [-0.39, 0.29) is 0 Å². The number of carbonyl (C=O) groups is 2. The SMILES string of the molecule is NC(=S)C(CC(=O)O)(C(=O)O)C(N)=S. The minimum atomic E-state index is -2.14. The molecule has 6 N–H and O–H groups in total. The molecule has 0 aliphatic rings. The molecule has 0 heterocycles. The Morgan fingerprint density at radius 1 is 1.14 bits per heavy atom. The molecule has 0 aliphatic heterocycles. The summed E-state index contributed by atoms with van der Waals surface area (Å²) in [6.07, 6.45) is -0.854. The summed E-state index contributed by atoms with van der Waals surface area (Å²) in [5.41, 5.74) is 8.14. The first-order chi connectivity index (χ1) is 6.25. The molecule has 0 radical (unpaired) electrons. The molecular formula is C6H8N2O4S2. The Morgan fingerprint density at radius 2 is 1.50 bits per heavy atom. The van der Waals surface area contributed by atoms with Gasteiger partial charge in [-0.15, -0.1) is 0 Å². The van der Waals surface area contributed by atoms with E-state index in [2.05, 4.69) is 24.4 Å². The molecule has 0 spiro atoms. The molecular weight excluding hydrogens is 228 g/mol. The van der Waals surface area contributed by atoms with Crippen LogP contribution in [-0.2, 0) is 9.59 Å². The van der Waals surface area contributed by atoms with Gasteiger partial charge in [0.2, 0.25) is 0 Å². The highest BCUT2D eigenvalue weighted by Gasteiger charge is 2.47. The van der Waals surface area contributed by atoms with Crippen LogP contribution in [0.25, 0.3) is 0 Å². The van der Waals surface area contributed by atoms with Crippen molar-refractivity contribution in [3.63, 3.8) is 0 Å². The third-order valence-corrected chi connectivity index (χ3v) is 2.32. The molecule has 0 unspecified atom stereocenters. The first kappa shape index (κ1) is 12.7. The van der Waals surface area contributed by atoms with Crippen LogP contribution < -0.4 is 11.5 Å². The maximum Gasteiger partial charge on any atom is 0.324 e. The van der Waals surface area contributed by atoms with Gasteiger partial charge in [-0.25, -0.2) is 0 Å². The second kappa shape index (κ2) is 4.29. The molecule has 14 heavy (non-hydrogen) atoms. The molecule has 0 aromatic heterocycles. The fraction of sp³-hybridized carbons (Fsp3) is 0.333. The van der Waals surface area contributed by atoms with Crippen molar-refractivity contribution in [2.24, 2.45) is 16.9 Å². The lowest BCUT2D eigenvalue weighted by atomic mass is 9.84. The van der Waals surface area contributed by atoms with E-state index in [1.165, 1.54) is 0 Å². The summed E-state index contributed by atoms with van der Waals surface area (Å²) in [4.78, 5) is 20.2. The average Bonchev–Trinajstić information content (AvgIpc) is 1.97. The van der Waals surface area contributed by atoms with E-state index in [1.807, 2.05) is 0 Å². The fourth-order valence-corrected chi connectivity index (χ4v) is 1.41. The van der Waals surface area contributed by atoms with E-state index >= 15 is 0 Å². The zero-order valence-electron chi connectivity index (χ0n) is 6.89. The number of thiocarbonyl (C=S) groups is 2. The van der Waals surface area contributed by atoms with Crippen molar-refractivity contribution < 1.29 is 19.8 Å². The number of carboxylic acids is 2. The first-order valence-electron chi connectivity index (χ1n) is 3.30. The van der Waals surface area contributed by atoms with Gasteiger partial charge in [0.25, 0.3) is 0 Å². The van der Waals surface area contributed by atoms with Crippen LogP contribution in [0, 0.1) is 5.41 Å². The monoisotopic (exact) mass is 236 g/mol. The Balaban J connectivity index is 5.38. The van der Waals surface area contributed by atoms with Crippen LogP contribution >= 0.6 is 24.4 Å². The number of carboxylic acid groups (broad SMARTS) is 2. The van der Waals surface area contributed by atoms with Gasteiger partial charge in [-0.1, -0.05) is 24.4 Å². The van der Waals surface area contributed by atoms with E-state index in [4.69, 9.17) is 21.7 Å². The molecule has 0 bridgehead atoms. The second-order valence-corrected chi connectivity index (χ2v) is 3.39. The van der Waals surface area contributed by atoms with E-state index in [0.29, 0.717) is 0 Å². The van der Waals surface area contributed by atoms with Gasteiger partial charge in [0, 0.05) is 0 Å². The van der Waals surface area contributed by atoms with Crippen molar-refractivity contribution in [3.8, 4) is 0 Å². The smallest absolute Gasteiger partial charge is 0.324 e. The van der Waals surface area contributed by atoms with Gasteiger partial charge >= 0.3 is 11.9 Å². The molecule has 0 aromatic rings. The minimum Gasteiger partial charge on any atom is -0.481 e. The van der Waals surface area contributed by atoms with Gasteiger partial charge < -0.3 is 21.7 Å². The quantitative estimate of drug-likeness (QED) is 0.452. The molecule has 0 fully saturated rings. The highest BCUT2D eigenvalue weighted by Crippen LogP contribution is 2.24. The highest BCUT2D eigenvalue weighted by molar-refractivity contribution is 7.82. The lowest BCUT2D eigenvalue weighted by Gasteiger charge is -2.24. The van der Waals surface area contributed by atoms with Gasteiger partial charge in [0.15, 0.2) is 5.41 Å². The number of aliphatic carboxylic acids is 2. The minimum absolute atomic E-state index is 0.556. The average molecular weight is 236 g/mol. The van der Waals surface area contributed by atoms with Crippen molar-refractivity contribution in [1.82, 2.24) is 0 Å². The van der Waals surface area contributed by atoms with E-state index in [9.17, 15) is 9.59 Å². The van der Waals surface area contributed by atoms with Crippen molar-refractivity contribution in [2.75, 3.05) is 0 Å². The Labute approximate surface area is 89.9 Å². The zero-order valence-corrected chi connectivity index (χ0v) is 8.52. The fourth-order valence-electron chi connectivity index (χ4n) is 0.809. The molecule has 0 aromatic carbocycles. The van der Waals surface area contributed by atoms with Crippen LogP contribution in [0.4, 0.5) is 0 Å². The van der Waals surface area contributed by atoms with Gasteiger partial charge in [0.1, 0.15) is 0 Å². The number of hydrogen-bond acceptors (Lipinski definition) is 4. The Kier molecular flexibility index (Phi) is 3.90. The van der Waals surface area contributed by atoms with Gasteiger partial charge in [-0.3, -0.25) is 9.59 Å². The zero-order chi connectivity index (χ0) is 11.5. The van der Waals surface area contributed by atoms with Crippen molar-refractivity contribution in [2.45, 2.75) is 6.42 Å². The first-order valence-corrected chi connectivity index (χ1v) is 4.11. The van der Waals surface area contributed by atoms with E-state index in [1.54, 1.807) is 0 Å². The molecule has 0 rings (SSSR count). The van der Waals surface area contributed by atoms with Gasteiger partial charge in [-0.2, -0.15) is 0 Å². The Morgan fingerprint density at radius 3 is 1.57 bits per heavy atom. The largest absolute Gasteiger partial charge is 0.481 e. The summed E-state index contributed by atoms with van der Waals surface area (Å²) in [6.45, 7) is 0. The Bertz CT molecular complexity index is 279. The summed E-state index contributed by atoms with van der Waals surface area (Å²) in [7, 11) is 0. The lowest BCUT2D eigenvalue weighted by molar-refractivity contribution is -0.148. The van der Waals surface area contributed by atoms with Crippen molar-refractivity contribution in [3.05, 3.63) is 0 Å². The van der Waals surface area contributed by atoms with Crippen molar-refractivity contribution >= 4 is 46.4 Å². The molecule has 0 aliphatic carbocycles. The molecule has 0 saturated carbocycles. The Hall–Kier alpha value is -1.28. The van der Waals surface area contributed by atoms with Gasteiger partial charge in [0.05, 0.1) is 16.4 Å². The number of nitrogens with two attached hydrogens (primary N) is 2. The maximum absolute atomic E-state index is 10.8. The summed E-state index contributed by atoms with van der Waals surface area (Å²) in [6, 6.07) is 0. The second-order valence-electron chi connectivity index (χ2n) is 2.51. The topological polar surface area (TPSA) is 127 Å². The van der Waals surface area contributed by atoms with Crippen LogP contribution in [-0.4, -0.2) is 32.1 Å². The molecule has 0 atom stereocenters. The maximum atomic E-state index is 10.8. The van der Waals surface area contributed by atoms with Gasteiger partial charge in [-0.05, 0) is 0 Å². The normalized spacial score (nSPS) is 10.6. The summed E-state index contributed by atoms with van der Waals surface area (Å²) < 4.78 is 0.